The van der Waals surface area contributed by atoms with E-state index in [0.717, 1.165) is 0 Å². The van der Waals surface area contributed by atoms with Gasteiger partial charge in [0.2, 0.25) is 0 Å². The first-order chi connectivity index (χ1) is 5.44. The molecule has 0 spiro atoms. The largest absolute Gasteiger partial charge is 0.481 e. The maximum atomic E-state index is 10.7. The van der Waals surface area contributed by atoms with E-state index in [1.807, 2.05) is 0 Å². The first-order valence-electron chi connectivity index (χ1n) is 3.54. The van der Waals surface area contributed by atoms with Gasteiger partial charge in [-0.2, -0.15) is 5.10 Å². The molecule has 0 bridgehead atoms. The van der Waals surface area contributed by atoms with E-state index >= 15 is 0 Å². The van der Waals surface area contributed by atoms with Crippen LogP contribution >= 0.6 is 0 Å². The van der Waals surface area contributed by atoms with Crippen LogP contribution in [0.1, 0.15) is 19.7 Å². The van der Waals surface area contributed by atoms with Crippen LogP contribution in [0, 0.1) is 0 Å². The van der Waals surface area contributed by atoms with Crippen molar-refractivity contribution in [3.8, 4) is 0 Å². The molecule has 0 saturated carbocycles. The Morgan fingerprint density at radius 1 is 1.67 bits per heavy atom. The Balaban J connectivity index is 3.05. The number of carboxylic acid groups (broad SMARTS) is 1. The summed E-state index contributed by atoms with van der Waals surface area (Å²) in [5, 5.41) is 12.7. The Labute approximate surface area is 70.0 Å². The Bertz CT molecular complexity index is 303. The maximum Gasteiger partial charge on any atom is 0.316 e. The minimum Gasteiger partial charge on any atom is -0.481 e. The van der Waals surface area contributed by atoms with Crippen molar-refractivity contribution in [2.75, 3.05) is 0 Å². The van der Waals surface area contributed by atoms with E-state index in [0.29, 0.717) is 5.82 Å². The van der Waals surface area contributed by atoms with E-state index < -0.39 is 11.4 Å². The molecule has 0 amide bonds. The predicted octanol–water partition coefficient (Wildman–Crippen LogP) is 0.177. The molecule has 5 heteroatoms. The summed E-state index contributed by atoms with van der Waals surface area (Å²) in [5.41, 5.74) is -1.01. The molecule has 0 aliphatic carbocycles. The number of aromatic nitrogens is 3. The van der Waals surface area contributed by atoms with Crippen molar-refractivity contribution in [1.82, 2.24) is 14.8 Å². The summed E-state index contributed by atoms with van der Waals surface area (Å²) < 4.78 is 1.49. The molecule has 0 atom stereocenters. The van der Waals surface area contributed by atoms with Gasteiger partial charge in [-0.15, -0.1) is 0 Å². The predicted molar refractivity (Wildman–Crippen MR) is 41.7 cm³/mol. The SMILES string of the molecule is Cn1cnc(C(C)(C)C(=O)O)n1. The fourth-order valence-electron chi connectivity index (χ4n) is 0.721. The summed E-state index contributed by atoms with van der Waals surface area (Å²) in [6.07, 6.45) is 1.49. The molecule has 1 aromatic rings. The van der Waals surface area contributed by atoms with E-state index in [9.17, 15) is 4.79 Å². The number of rotatable bonds is 2. The number of carbonyl (C=O) groups is 1. The zero-order valence-corrected chi connectivity index (χ0v) is 7.27. The molecule has 1 N–H and O–H groups in total. The monoisotopic (exact) mass is 169 g/mol. The average Bonchev–Trinajstić information content (AvgIpc) is 2.35. The molecule has 1 rings (SSSR count). The van der Waals surface area contributed by atoms with Gasteiger partial charge < -0.3 is 5.11 Å². The molecule has 0 aromatic carbocycles. The Morgan fingerprint density at radius 2 is 2.25 bits per heavy atom. The fourth-order valence-corrected chi connectivity index (χ4v) is 0.721. The maximum absolute atomic E-state index is 10.7. The second-order valence-corrected chi connectivity index (χ2v) is 3.17. The molecule has 12 heavy (non-hydrogen) atoms. The van der Waals surface area contributed by atoms with Crippen LogP contribution in [0.3, 0.4) is 0 Å². The van der Waals surface area contributed by atoms with Crippen LogP contribution in [-0.4, -0.2) is 25.8 Å². The van der Waals surface area contributed by atoms with Gasteiger partial charge >= 0.3 is 5.97 Å². The van der Waals surface area contributed by atoms with Crippen LogP contribution in [0.15, 0.2) is 6.33 Å². The van der Waals surface area contributed by atoms with Gasteiger partial charge in [0.05, 0.1) is 0 Å². The zero-order valence-electron chi connectivity index (χ0n) is 7.27. The third-order valence-electron chi connectivity index (χ3n) is 1.69. The lowest BCUT2D eigenvalue weighted by atomic mass is 9.93. The van der Waals surface area contributed by atoms with E-state index in [-0.39, 0.29) is 0 Å². The van der Waals surface area contributed by atoms with Crippen molar-refractivity contribution in [3.05, 3.63) is 12.2 Å². The van der Waals surface area contributed by atoms with Crippen molar-refractivity contribution >= 4 is 5.97 Å². The topological polar surface area (TPSA) is 68.0 Å². The smallest absolute Gasteiger partial charge is 0.316 e. The minimum atomic E-state index is -1.01. The van der Waals surface area contributed by atoms with Crippen molar-refractivity contribution in [2.24, 2.45) is 7.05 Å². The minimum absolute atomic E-state index is 0.331. The number of nitrogens with zero attached hydrogens (tertiary/aromatic N) is 3. The molecule has 0 aliphatic heterocycles. The second-order valence-electron chi connectivity index (χ2n) is 3.17. The number of hydrogen-bond donors (Lipinski definition) is 1. The van der Waals surface area contributed by atoms with Crippen LogP contribution in [0.5, 0.6) is 0 Å². The summed E-state index contributed by atoms with van der Waals surface area (Å²) in [7, 11) is 1.70. The third-order valence-corrected chi connectivity index (χ3v) is 1.69. The van der Waals surface area contributed by atoms with E-state index in [2.05, 4.69) is 10.1 Å². The quantitative estimate of drug-likeness (QED) is 0.685. The first-order valence-corrected chi connectivity index (χ1v) is 3.54. The Hall–Kier alpha value is -1.39. The van der Waals surface area contributed by atoms with Gasteiger partial charge in [0.25, 0.3) is 0 Å². The summed E-state index contributed by atoms with van der Waals surface area (Å²) in [6, 6.07) is 0. The van der Waals surface area contributed by atoms with Gasteiger partial charge in [0.15, 0.2) is 5.82 Å². The van der Waals surface area contributed by atoms with Crippen molar-refractivity contribution in [1.29, 1.82) is 0 Å². The highest BCUT2D eigenvalue weighted by Crippen LogP contribution is 2.18. The standard InChI is InChI=1S/C7H11N3O2/c1-7(2,6(11)12)5-8-4-10(3)9-5/h4H,1-3H3,(H,11,12). The van der Waals surface area contributed by atoms with Crippen LogP contribution in [-0.2, 0) is 17.3 Å². The van der Waals surface area contributed by atoms with E-state index in [1.165, 1.54) is 11.0 Å². The molecule has 0 radical (unpaired) electrons. The van der Waals surface area contributed by atoms with Crippen LogP contribution in [0.25, 0.3) is 0 Å². The lowest BCUT2D eigenvalue weighted by molar-refractivity contribution is -0.142. The van der Waals surface area contributed by atoms with Gasteiger partial charge in [-0.3, -0.25) is 9.48 Å². The number of aryl methyl sites for hydroxylation is 1. The number of hydrogen-bond acceptors (Lipinski definition) is 3. The van der Waals surface area contributed by atoms with Crippen molar-refractivity contribution in [2.45, 2.75) is 19.3 Å². The molecule has 1 aromatic heterocycles. The van der Waals surface area contributed by atoms with Crippen molar-refractivity contribution in [3.63, 3.8) is 0 Å². The molecular weight excluding hydrogens is 158 g/mol. The molecule has 1 heterocycles. The molecule has 0 aliphatic rings. The second kappa shape index (κ2) is 2.58. The highest BCUT2D eigenvalue weighted by atomic mass is 16.4. The summed E-state index contributed by atoms with van der Waals surface area (Å²) in [4.78, 5) is 14.6. The van der Waals surface area contributed by atoms with Gasteiger partial charge in [-0.1, -0.05) is 0 Å². The van der Waals surface area contributed by atoms with Crippen LogP contribution < -0.4 is 0 Å². The van der Waals surface area contributed by atoms with Gasteiger partial charge in [-0.05, 0) is 13.8 Å². The van der Waals surface area contributed by atoms with E-state index in [1.54, 1.807) is 20.9 Å². The zero-order chi connectivity index (χ0) is 9.35. The summed E-state index contributed by atoms with van der Waals surface area (Å²) in [6.45, 7) is 3.15. The Morgan fingerprint density at radius 3 is 2.58 bits per heavy atom. The van der Waals surface area contributed by atoms with Crippen molar-refractivity contribution < 1.29 is 9.90 Å². The molecule has 0 saturated heterocycles. The normalized spacial score (nSPS) is 11.6. The lowest BCUT2D eigenvalue weighted by Gasteiger charge is -2.13. The molecule has 5 nitrogen and oxygen atoms in total. The van der Waals surface area contributed by atoms with Gasteiger partial charge in [0.1, 0.15) is 11.7 Å². The fraction of sp³-hybridized carbons (Fsp3) is 0.571. The Kier molecular flexibility index (Phi) is 1.87. The molecular formula is C7H11N3O2. The van der Waals surface area contributed by atoms with Gasteiger partial charge in [0, 0.05) is 7.05 Å². The number of aliphatic carboxylic acids is 1. The molecule has 0 unspecified atom stereocenters. The highest BCUT2D eigenvalue weighted by molar-refractivity contribution is 5.78. The first kappa shape index (κ1) is 8.70. The number of carboxylic acids is 1. The third kappa shape index (κ3) is 1.30. The molecule has 66 valence electrons. The molecule has 0 fully saturated rings. The summed E-state index contributed by atoms with van der Waals surface area (Å²) in [5.74, 6) is -0.591. The van der Waals surface area contributed by atoms with Crippen LogP contribution in [0.2, 0.25) is 0 Å². The highest BCUT2D eigenvalue weighted by Gasteiger charge is 2.33. The van der Waals surface area contributed by atoms with E-state index in [4.69, 9.17) is 5.11 Å². The lowest BCUT2D eigenvalue weighted by Crippen LogP contribution is -2.30. The summed E-state index contributed by atoms with van der Waals surface area (Å²) >= 11 is 0. The van der Waals surface area contributed by atoms with Gasteiger partial charge in [-0.25, -0.2) is 4.98 Å². The average molecular weight is 169 g/mol. The van der Waals surface area contributed by atoms with Crippen LogP contribution in [0.4, 0.5) is 0 Å².